The summed E-state index contributed by atoms with van der Waals surface area (Å²) in [5.41, 5.74) is 4.28. The monoisotopic (exact) mass is 531 g/mol. The van der Waals surface area contributed by atoms with Crippen molar-refractivity contribution in [3.05, 3.63) is 117 Å². The van der Waals surface area contributed by atoms with Gasteiger partial charge in [-0.1, -0.05) is 77.8 Å². The van der Waals surface area contributed by atoms with E-state index in [0.29, 0.717) is 23.1 Å². The Morgan fingerprint density at radius 1 is 1.03 bits per heavy atom. The third kappa shape index (κ3) is 5.61. The van der Waals surface area contributed by atoms with Crippen LogP contribution in [0.3, 0.4) is 0 Å². The van der Waals surface area contributed by atoms with E-state index in [9.17, 15) is 9.59 Å². The van der Waals surface area contributed by atoms with Crippen molar-refractivity contribution in [1.82, 2.24) is 5.32 Å². The van der Waals surface area contributed by atoms with Crippen molar-refractivity contribution in [2.75, 3.05) is 18.0 Å². The molecule has 1 unspecified atom stereocenters. The van der Waals surface area contributed by atoms with Gasteiger partial charge in [-0.25, -0.2) is 4.79 Å². The van der Waals surface area contributed by atoms with Crippen LogP contribution in [-0.4, -0.2) is 37.2 Å². The van der Waals surface area contributed by atoms with Crippen LogP contribution in [-0.2, 0) is 16.1 Å². The van der Waals surface area contributed by atoms with E-state index in [1.54, 1.807) is 18.2 Å². The van der Waals surface area contributed by atoms with E-state index >= 15 is 0 Å². The summed E-state index contributed by atoms with van der Waals surface area (Å²) >= 11 is 12.4. The summed E-state index contributed by atoms with van der Waals surface area (Å²) in [5, 5.41) is 3.49. The summed E-state index contributed by atoms with van der Waals surface area (Å²) < 4.78 is 5.38. The lowest BCUT2D eigenvalue weighted by Crippen LogP contribution is -2.46. The quantitative estimate of drug-likeness (QED) is 0.433. The molecule has 37 heavy (non-hydrogen) atoms. The van der Waals surface area contributed by atoms with Gasteiger partial charge in [-0.05, 0) is 47.1 Å². The zero-order valence-electron chi connectivity index (χ0n) is 19.7. The van der Waals surface area contributed by atoms with Gasteiger partial charge in [0.05, 0.1) is 22.3 Å². The van der Waals surface area contributed by atoms with Crippen LogP contribution in [0.2, 0.25) is 10.0 Å². The number of allylic oxidation sites excluding steroid dienone is 2. The van der Waals surface area contributed by atoms with Crippen LogP contribution in [0, 0.1) is 0 Å². The topological polar surface area (TPSA) is 71.0 Å². The minimum absolute atomic E-state index is 0.0872. The summed E-state index contributed by atoms with van der Waals surface area (Å²) in [5.74, 6) is -0.253. The Balaban J connectivity index is 1.47. The van der Waals surface area contributed by atoms with Gasteiger partial charge in [-0.15, -0.1) is 0 Å². The summed E-state index contributed by atoms with van der Waals surface area (Å²) in [6.07, 6.45) is 4.63. The number of carbonyl (C=O) groups excluding carboxylic acids is 2. The first-order valence-corrected chi connectivity index (χ1v) is 12.5. The minimum atomic E-state index is -0.711. The Kier molecular flexibility index (Phi) is 7.40. The first-order chi connectivity index (χ1) is 18.0. The van der Waals surface area contributed by atoms with Gasteiger partial charge in [-0.3, -0.25) is 15.1 Å². The van der Waals surface area contributed by atoms with E-state index < -0.39 is 12.1 Å². The molecule has 1 aliphatic heterocycles. The standard InChI is InChI=1S/C29H23Cl2N3O3/c30-23-11-10-20(14-24(23)31)22-15-25(33-29(36)37-18-19-6-2-1-3-7-19)28(35)27(16-22)34-13-12-32-17-21-8-4-5-9-26(21)34/h1-11,14-17,27H,12-13,18H2,(H,33,36). The maximum Gasteiger partial charge on any atom is 0.412 e. The van der Waals surface area contributed by atoms with Crippen LogP contribution in [0.1, 0.15) is 16.7 Å². The molecule has 8 heteroatoms. The van der Waals surface area contributed by atoms with Gasteiger partial charge in [0.15, 0.2) is 0 Å². The third-order valence-corrected chi connectivity index (χ3v) is 6.90. The van der Waals surface area contributed by atoms with Gasteiger partial charge in [0, 0.05) is 24.0 Å². The van der Waals surface area contributed by atoms with Gasteiger partial charge >= 0.3 is 6.09 Å². The molecule has 1 atom stereocenters. The number of nitrogens with zero attached hydrogens (tertiary/aromatic N) is 2. The normalized spacial score (nSPS) is 16.9. The van der Waals surface area contributed by atoms with Crippen LogP contribution >= 0.6 is 23.2 Å². The predicted octanol–water partition coefficient (Wildman–Crippen LogP) is 6.08. The highest BCUT2D eigenvalue weighted by molar-refractivity contribution is 6.42. The molecule has 1 heterocycles. The summed E-state index contributed by atoms with van der Waals surface area (Å²) in [6, 6.07) is 21.7. The van der Waals surface area contributed by atoms with Crippen LogP contribution in [0.25, 0.3) is 5.57 Å². The number of ether oxygens (including phenoxy) is 1. The van der Waals surface area contributed by atoms with Crippen molar-refractivity contribution in [3.8, 4) is 0 Å². The van der Waals surface area contributed by atoms with Crippen molar-refractivity contribution < 1.29 is 14.3 Å². The van der Waals surface area contributed by atoms with Gasteiger partial charge in [0.25, 0.3) is 0 Å². The molecule has 0 bridgehead atoms. The molecule has 6 nitrogen and oxygen atoms in total. The van der Waals surface area contributed by atoms with E-state index in [2.05, 4.69) is 10.3 Å². The van der Waals surface area contributed by atoms with Crippen molar-refractivity contribution in [1.29, 1.82) is 0 Å². The van der Waals surface area contributed by atoms with Crippen LogP contribution in [0.4, 0.5) is 10.5 Å². The molecule has 0 saturated carbocycles. The largest absolute Gasteiger partial charge is 0.444 e. The molecule has 1 amide bonds. The van der Waals surface area contributed by atoms with Crippen molar-refractivity contribution >= 4 is 52.6 Å². The number of benzene rings is 3. The van der Waals surface area contributed by atoms with Crippen molar-refractivity contribution in [3.63, 3.8) is 0 Å². The number of carbonyl (C=O) groups is 2. The predicted molar refractivity (Wildman–Crippen MR) is 147 cm³/mol. The highest BCUT2D eigenvalue weighted by atomic mass is 35.5. The number of fused-ring (bicyclic) bond motifs is 1. The van der Waals surface area contributed by atoms with E-state index in [4.69, 9.17) is 27.9 Å². The molecule has 3 aromatic rings. The molecule has 1 N–H and O–H groups in total. The van der Waals surface area contributed by atoms with Gasteiger partial charge < -0.3 is 9.64 Å². The molecule has 5 rings (SSSR count). The average Bonchev–Trinajstić information content (AvgIpc) is 3.13. The third-order valence-electron chi connectivity index (χ3n) is 6.16. The highest BCUT2D eigenvalue weighted by Gasteiger charge is 2.33. The Hall–Kier alpha value is -3.87. The molecule has 2 aliphatic rings. The second-order valence-corrected chi connectivity index (χ2v) is 9.41. The number of Topliss-reactive ketones (excluding diaryl/α,β-unsaturated/α-hetero) is 1. The number of rotatable bonds is 5. The first-order valence-electron chi connectivity index (χ1n) is 11.8. The van der Waals surface area contributed by atoms with Gasteiger partial charge in [0.1, 0.15) is 12.6 Å². The average molecular weight is 532 g/mol. The lowest BCUT2D eigenvalue weighted by atomic mass is 9.92. The van der Waals surface area contributed by atoms with Crippen LogP contribution < -0.4 is 10.2 Å². The smallest absolute Gasteiger partial charge is 0.412 e. The van der Waals surface area contributed by atoms with Crippen LogP contribution in [0.5, 0.6) is 0 Å². The van der Waals surface area contributed by atoms with E-state index in [1.165, 1.54) is 0 Å². The molecular formula is C29H23Cl2N3O3. The van der Waals surface area contributed by atoms with Gasteiger partial charge in [0.2, 0.25) is 5.78 Å². The number of alkyl carbamates (subject to hydrolysis) is 1. The fourth-order valence-corrected chi connectivity index (χ4v) is 4.63. The Bertz CT molecular complexity index is 1430. The number of hydrogen-bond donors (Lipinski definition) is 1. The number of benzodiazepines with no additional fused rings is 1. The lowest BCUT2D eigenvalue weighted by molar-refractivity contribution is -0.116. The molecular weight excluding hydrogens is 509 g/mol. The minimum Gasteiger partial charge on any atom is -0.444 e. The SMILES string of the molecule is O=C(NC1=CC(c2ccc(Cl)c(Cl)c2)=CC(N2CCN=Cc3ccccc32)C1=O)OCc1ccccc1. The molecule has 0 fully saturated rings. The van der Waals surface area contributed by atoms with Crippen molar-refractivity contribution in [2.45, 2.75) is 12.6 Å². The fraction of sp³-hybridized carbons (Fsp3) is 0.138. The zero-order chi connectivity index (χ0) is 25.8. The number of anilines is 1. The maximum atomic E-state index is 13.7. The Morgan fingerprint density at radius 2 is 1.81 bits per heavy atom. The Labute approximate surface area is 224 Å². The van der Waals surface area contributed by atoms with Gasteiger partial charge in [-0.2, -0.15) is 0 Å². The summed E-state index contributed by atoms with van der Waals surface area (Å²) in [4.78, 5) is 32.9. The molecule has 0 saturated heterocycles. The molecule has 0 spiro atoms. The Morgan fingerprint density at radius 3 is 2.62 bits per heavy atom. The number of para-hydroxylation sites is 1. The second-order valence-electron chi connectivity index (χ2n) is 8.59. The van der Waals surface area contributed by atoms with E-state index in [1.807, 2.05) is 77.9 Å². The molecule has 186 valence electrons. The van der Waals surface area contributed by atoms with E-state index in [-0.39, 0.29) is 18.1 Å². The molecule has 3 aromatic carbocycles. The maximum absolute atomic E-state index is 13.7. The van der Waals surface area contributed by atoms with Crippen molar-refractivity contribution in [2.24, 2.45) is 4.99 Å². The fourth-order valence-electron chi connectivity index (χ4n) is 4.33. The number of hydrogen-bond acceptors (Lipinski definition) is 5. The van der Waals surface area contributed by atoms with Crippen LogP contribution in [0.15, 0.2) is 95.6 Å². The second kappa shape index (κ2) is 11.0. The summed E-state index contributed by atoms with van der Waals surface area (Å²) in [7, 11) is 0. The number of amides is 1. The highest BCUT2D eigenvalue weighted by Crippen LogP contribution is 2.32. The number of halogens is 2. The number of ketones is 1. The first kappa shape index (κ1) is 24.8. The number of nitrogens with one attached hydrogen (secondary N) is 1. The van der Waals surface area contributed by atoms with E-state index in [0.717, 1.165) is 28.0 Å². The summed E-state index contributed by atoms with van der Waals surface area (Å²) in [6.45, 7) is 1.14. The molecule has 1 aliphatic carbocycles. The lowest BCUT2D eigenvalue weighted by Gasteiger charge is -2.33. The molecule has 0 radical (unpaired) electrons. The number of aliphatic imine (C=N–C) groups is 1. The zero-order valence-corrected chi connectivity index (χ0v) is 21.2. The molecule has 0 aromatic heterocycles.